The Morgan fingerprint density at radius 2 is 1.50 bits per heavy atom. The van der Waals surface area contributed by atoms with Gasteiger partial charge in [-0.05, 0) is 82.8 Å². The van der Waals surface area contributed by atoms with Crippen molar-refractivity contribution >= 4 is 46.2 Å². The fourth-order valence-corrected chi connectivity index (χ4v) is 2.76. The van der Waals surface area contributed by atoms with Crippen LogP contribution in [0.2, 0.25) is 0 Å². The quantitative estimate of drug-likeness (QED) is 0.401. The van der Waals surface area contributed by atoms with Crippen LogP contribution in [-0.2, 0) is 4.79 Å². The topological polar surface area (TPSA) is 58.2 Å². The molecular formula is C22H16FIN2O2. The summed E-state index contributed by atoms with van der Waals surface area (Å²) in [4.78, 5) is 25.3. The lowest BCUT2D eigenvalue weighted by atomic mass is 10.1. The minimum Gasteiger partial charge on any atom is -0.321 e. The molecule has 0 heterocycles. The molecule has 2 amide bonds. The van der Waals surface area contributed by atoms with E-state index in [-0.39, 0.29) is 11.5 Å². The molecule has 0 aliphatic carbocycles. The molecule has 0 aliphatic rings. The second kappa shape index (κ2) is 9.27. The molecule has 0 aromatic heterocycles. The van der Waals surface area contributed by atoms with Gasteiger partial charge in [-0.3, -0.25) is 9.59 Å². The molecule has 0 fully saturated rings. The highest BCUT2D eigenvalue weighted by Crippen LogP contribution is 2.14. The van der Waals surface area contributed by atoms with Gasteiger partial charge in [0.1, 0.15) is 11.5 Å². The molecule has 4 nitrogen and oxygen atoms in total. The summed E-state index contributed by atoms with van der Waals surface area (Å²) in [6.07, 6.45) is 1.50. The third-order valence-electron chi connectivity index (χ3n) is 3.81. The molecule has 0 aliphatic heterocycles. The van der Waals surface area contributed by atoms with Crippen molar-refractivity contribution in [3.63, 3.8) is 0 Å². The molecule has 28 heavy (non-hydrogen) atoms. The minimum absolute atomic E-state index is 0.0546. The van der Waals surface area contributed by atoms with E-state index in [4.69, 9.17) is 0 Å². The Bertz CT molecular complexity index is 1000. The van der Waals surface area contributed by atoms with Gasteiger partial charge in [0.05, 0.1) is 0 Å². The highest BCUT2D eigenvalue weighted by atomic mass is 127. The van der Waals surface area contributed by atoms with Gasteiger partial charge in [0, 0.05) is 14.8 Å². The van der Waals surface area contributed by atoms with Gasteiger partial charge in [-0.1, -0.05) is 30.3 Å². The predicted octanol–water partition coefficient (Wildman–Crippen LogP) is 4.84. The van der Waals surface area contributed by atoms with Crippen LogP contribution in [0.3, 0.4) is 0 Å². The average molecular weight is 486 g/mol. The third-order valence-corrected chi connectivity index (χ3v) is 4.53. The van der Waals surface area contributed by atoms with Crippen molar-refractivity contribution in [1.82, 2.24) is 5.32 Å². The molecule has 0 spiro atoms. The van der Waals surface area contributed by atoms with E-state index in [9.17, 15) is 14.0 Å². The van der Waals surface area contributed by atoms with Gasteiger partial charge in [0.2, 0.25) is 0 Å². The van der Waals surface area contributed by atoms with Crippen LogP contribution in [0.1, 0.15) is 15.9 Å². The molecule has 0 bridgehead atoms. The normalized spacial score (nSPS) is 11.0. The number of hydrogen-bond acceptors (Lipinski definition) is 2. The molecule has 6 heteroatoms. The van der Waals surface area contributed by atoms with Crippen LogP contribution >= 0.6 is 22.6 Å². The lowest BCUT2D eigenvalue weighted by Gasteiger charge is -2.11. The van der Waals surface area contributed by atoms with Gasteiger partial charge in [-0.15, -0.1) is 0 Å². The number of halogens is 2. The predicted molar refractivity (Wildman–Crippen MR) is 116 cm³/mol. The van der Waals surface area contributed by atoms with Gasteiger partial charge >= 0.3 is 0 Å². The van der Waals surface area contributed by atoms with E-state index >= 15 is 0 Å². The maximum atomic E-state index is 13.2. The Hall–Kier alpha value is -3.00. The van der Waals surface area contributed by atoms with Crippen LogP contribution in [-0.4, -0.2) is 11.8 Å². The fourth-order valence-electron chi connectivity index (χ4n) is 2.40. The lowest BCUT2D eigenvalue weighted by molar-refractivity contribution is -0.113. The Labute approximate surface area is 175 Å². The SMILES string of the molecule is O=C(Nc1ccc(I)cc1)C(=Cc1ccc(F)cc1)NC(=O)c1ccccc1. The molecule has 140 valence electrons. The van der Waals surface area contributed by atoms with Crippen LogP contribution < -0.4 is 10.6 Å². The van der Waals surface area contributed by atoms with Gasteiger partial charge in [-0.2, -0.15) is 0 Å². The van der Waals surface area contributed by atoms with E-state index in [1.807, 2.05) is 12.1 Å². The maximum absolute atomic E-state index is 13.2. The molecule has 3 rings (SSSR count). The summed E-state index contributed by atoms with van der Waals surface area (Å²) in [6, 6.07) is 21.5. The van der Waals surface area contributed by atoms with Crippen molar-refractivity contribution in [3.05, 3.63) is 105 Å². The van der Waals surface area contributed by atoms with E-state index in [0.29, 0.717) is 16.8 Å². The number of rotatable bonds is 5. The third kappa shape index (κ3) is 5.50. The average Bonchev–Trinajstić information content (AvgIpc) is 2.71. The van der Waals surface area contributed by atoms with Crippen molar-refractivity contribution in [1.29, 1.82) is 0 Å². The monoisotopic (exact) mass is 486 g/mol. The van der Waals surface area contributed by atoms with Crippen molar-refractivity contribution < 1.29 is 14.0 Å². The van der Waals surface area contributed by atoms with Gasteiger partial charge in [0.25, 0.3) is 11.8 Å². The summed E-state index contributed by atoms with van der Waals surface area (Å²) in [6.45, 7) is 0. The van der Waals surface area contributed by atoms with Crippen molar-refractivity contribution in [2.24, 2.45) is 0 Å². The fraction of sp³-hybridized carbons (Fsp3) is 0. The molecule has 0 atom stereocenters. The number of carbonyl (C=O) groups excluding carboxylic acids is 2. The highest BCUT2D eigenvalue weighted by molar-refractivity contribution is 14.1. The van der Waals surface area contributed by atoms with Crippen LogP contribution in [0.25, 0.3) is 6.08 Å². The first kappa shape index (κ1) is 19.8. The second-order valence-corrected chi connectivity index (χ2v) is 7.14. The molecule has 2 N–H and O–H groups in total. The Morgan fingerprint density at radius 3 is 2.14 bits per heavy atom. The molecule has 0 radical (unpaired) electrons. The van der Waals surface area contributed by atoms with E-state index < -0.39 is 11.8 Å². The summed E-state index contributed by atoms with van der Waals surface area (Å²) >= 11 is 2.17. The first-order valence-electron chi connectivity index (χ1n) is 8.42. The smallest absolute Gasteiger partial charge is 0.272 e. The van der Waals surface area contributed by atoms with E-state index in [2.05, 4.69) is 33.2 Å². The van der Waals surface area contributed by atoms with Crippen LogP contribution in [0.5, 0.6) is 0 Å². The zero-order valence-corrected chi connectivity index (χ0v) is 16.8. The molecular weight excluding hydrogens is 470 g/mol. The zero-order chi connectivity index (χ0) is 19.9. The standard InChI is InChI=1S/C22H16FIN2O2/c23-17-8-6-15(7-9-17)14-20(26-21(27)16-4-2-1-3-5-16)22(28)25-19-12-10-18(24)11-13-19/h1-14H,(H,25,28)(H,26,27). The number of carbonyl (C=O) groups is 2. The number of anilines is 1. The number of hydrogen-bond donors (Lipinski definition) is 2. The van der Waals surface area contributed by atoms with Gasteiger partial charge in [-0.25, -0.2) is 4.39 Å². The molecule has 0 unspecified atom stereocenters. The zero-order valence-electron chi connectivity index (χ0n) is 14.7. The summed E-state index contributed by atoms with van der Waals surface area (Å²) in [5.74, 6) is -1.27. The molecule has 3 aromatic carbocycles. The van der Waals surface area contributed by atoms with Crippen molar-refractivity contribution in [2.45, 2.75) is 0 Å². The first-order valence-corrected chi connectivity index (χ1v) is 9.50. The minimum atomic E-state index is -0.477. The largest absolute Gasteiger partial charge is 0.321 e. The first-order chi connectivity index (χ1) is 13.5. The lowest BCUT2D eigenvalue weighted by Crippen LogP contribution is -2.30. The Balaban J connectivity index is 1.86. The number of benzene rings is 3. The maximum Gasteiger partial charge on any atom is 0.272 e. The Morgan fingerprint density at radius 1 is 0.857 bits per heavy atom. The number of amides is 2. The summed E-state index contributed by atoms with van der Waals surface area (Å²) < 4.78 is 14.2. The number of nitrogens with one attached hydrogen (secondary N) is 2. The van der Waals surface area contributed by atoms with Crippen LogP contribution in [0.4, 0.5) is 10.1 Å². The van der Waals surface area contributed by atoms with Crippen LogP contribution in [0.15, 0.2) is 84.6 Å². The van der Waals surface area contributed by atoms with E-state index in [0.717, 1.165) is 3.57 Å². The van der Waals surface area contributed by atoms with Gasteiger partial charge < -0.3 is 10.6 Å². The summed E-state index contributed by atoms with van der Waals surface area (Å²) in [5, 5.41) is 5.40. The van der Waals surface area contributed by atoms with E-state index in [1.165, 1.54) is 30.3 Å². The molecule has 3 aromatic rings. The second-order valence-electron chi connectivity index (χ2n) is 5.89. The highest BCUT2D eigenvalue weighted by Gasteiger charge is 2.15. The molecule has 0 saturated heterocycles. The molecule has 0 saturated carbocycles. The van der Waals surface area contributed by atoms with E-state index in [1.54, 1.807) is 42.5 Å². The van der Waals surface area contributed by atoms with Crippen LogP contribution in [0, 0.1) is 9.39 Å². The summed E-state index contributed by atoms with van der Waals surface area (Å²) in [7, 11) is 0. The Kier molecular flexibility index (Phi) is 6.54. The van der Waals surface area contributed by atoms with Crippen molar-refractivity contribution in [2.75, 3.05) is 5.32 Å². The summed E-state index contributed by atoms with van der Waals surface area (Å²) in [5.41, 5.74) is 1.67. The van der Waals surface area contributed by atoms with Gasteiger partial charge in [0.15, 0.2) is 0 Å². The van der Waals surface area contributed by atoms with Crippen molar-refractivity contribution in [3.8, 4) is 0 Å².